The summed E-state index contributed by atoms with van der Waals surface area (Å²) in [6.07, 6.45) is 4.89. The van der Waals surface area contributed by atoms with Crippen molar-refractivity contribution in [3.8, 4) is 0 Å². The van der Waals surface area contributed by atoms with Crippen LogP contribution >= 0.6 is 0 Å². The molecule has 1 saturated heterocycles. The van der Waals surface area contributed by atoms with Gasteiger partial charge in [-0.1, -0.05) is 42.0 Å². The lowest BCUT2D eigenvalue weighted by Crippen LogP contribution is -2.30. The fourth-order valence-electron chi connectivity index (χ4n) is 3.92. The van der Waals surface area contributed by atoms with Crippen molar-refractivity contribution in [1.82, 2.24) is 0 Å². The van der Waals surface area contributed by atoms with Gasteiger partial charge in [-0.15, -0.1) is 0 Å². The van der Waals surface area contributed by atoms with Crippen LogP contribution in [0.5, 0.6) is 0 Å². The molecule has 0 aromatic heterocycles. The number of carbonyl (C=O) groups is 2. The highest BCUT2D eigenvalue weighted by atomic mass is 16.6. The monoisotopic (exact) mass is 391 g/mol. The molecule has 7 nitrogen and oxygen atoms in total. The summed E-state index contributed by atoms with van der Waals surface area (Å²) in [6, 6.07) is 12.3. The third kappa shape index (κ3) is 3.51. The summed E-state index contributed by atoms with van der Waals surface area (Å²) >= 11 is 0. The van der Waals surface area contributed by atoms with E-state index in [1.807, 2.05) is 43.3 Å². The van der Waals surface area contributed by atoms with Gasteiger partial charge in [0.15, 0.2) is 0 Å². The second-order valence-corrected chi connectivity index (χ2v) is 7.47. The molecule has 0 radical (unpaired) electrons. The van der Waals surface area contributed by atoms with E-state index < -0.39 is 4.92 Å². The first kappa shape index (κ1) is 18.9. The molecule has 0 saturated carbocycles. The summed E-state index contributed by atoms with van der Waals surface area (Å²) in [5.41, 5.74) is 2.57. The Hall–Kier alpha value is -3.48. The summed E-state index contributed by atoms with van der Waals surface area (Å²) in [7, 11) is 0. The Morgan fingerprint density at radius 2 is 1.66 bits per heavy atom. The molecule has 2 aromatic carbocycles. The van der Waals surface area contributed by atoms with Gasteiger partial charge >= 0.3 is 0 Å². The number of benzene rings is 2. The third-order valence-corrected chi connectivity index (χ3v) is 5.55. The maximum absolute atomic E-state index is 12.7. The number of hydrogen-bond donors (Lipinski definition) is 1. The van der Waals surface area contributed by atoms with Crippen LogP contribution in [-0.4, -0.2) is 16.7 Å². The molecule has 0 unspecified atom stereocenters. The molecule has 1 aliphatic carbocycles. The highest BCUT2D eigenvalue weighted by molar-refractivity contribution is 6.22. The van der Waals surface area contributed by atoms with Gasteiger partial charge in [0.25, 0.3) is 5.69 Å². The summed E-state index contributed by atoms with van der Waals surface area (Å²) < 4.78 is 0. The van der Waals surface area contributed by atoms with Crippen LogP contribution in [0, 0.1) is 28.9 Å². The molecule has 0 bridgehead atoms. The van der Waals surface area contributed by atoms with Crippen molar-refractivity contribution in [2.24, 2.45) is 11.8 Å². The van der Waals surface area contributed by atoms with E-state index in [1.54, 1.807) is 12.1 Å². The number of nitrogens with one attached hydrogen (secondary N) is 1. The number of hydrogen-bond acceptors (Lipinski definition) is 5. The van der Waals surface area contributed by atoms with Crippen molar-refractivity contribution >= 4 is 28.9 Å². The van der Waals surface area contributed by atoms with E-state index in [2.05, 4.69) is 5.32 Å². The van der Waals surface area contributed by atoms with E-state index in [9.17, 15) is 19.7 Å². The van der Waals surface area contributed by atoms with Gasteiger partial charge in [0.05, 0.1) is 22.4 Å². The lowest BCUT2D eigenvalue weighted by molar-refractivity contribution is -0.383. The maximum Gasteiger partial charge on any atom is 0.294 e. The van der Waals surface area contributed by atoms with Crippen molar-refractivity contribution < 1.29 is 14.5 Å². The Kier molecular flexibility index (Phi) is 4.88. The van der Waals surface area contributed by atoms with Crippen LogP contribution in [-0.2, 0) is 16.1 Å². The highest BCUT2D eigenvalue weighted by Crippen LogP contribution is 2.39. The van der Waals surface area contributed by atoms with Gasteiger partial charge in [-0.2, -0.15) is 0 Å². The summed E-state index contributed by atoms with van der Waals surface area (Å²) in [5, 5.41) is 14.7. The molecule has 2 aromatic rings. The first-order valence-electron chi connectivity index (χ1n) is 9.56. The standard InChI is InChI=1S/C22H21N3O4/c1-14-6-8-15(9-7-14)13-23-19-11-10-16(12-20(19)25(28)29)24-21(26)17-4-2-3-5-18(17)22(24)27/h2-3,6-12,17-18,23H,4-5,13H2,1H3/t17-,18+. The van der Waals surface area contributed by atoms with Crippen molar-refractivity contribution in [2.45, 2.75) is 26.3 Å². The second-order valence-electron chi connectivity index (χ2n) is 7.47. The predicted octanol–water partition coefficient (Wildman–Crippen LogP) is 3.97. The van der Waals surface area contributed by atoms with Crippen molar-refractivity contribution in [1.29, 1.82) is 0 Å². The van der Waals surface area contributed by atoms with Crippen LogP contribution in [0.15, 0.2) is 54.6 Å². The minimum absolute atomic E-state index is 0.164. The number of rotatable bonds is 5. The van der Waals surface area contributed by atoms with E-state index in [0.29, 0.717) is 25.1 Å². The predicted molar refractivity (Wildman–Crippen MR) is 109 cm³/mol. The van der Waals surface area contributed by atoms with E-state index in [1.165, 1.54) is 6.07 Å². The topological polar surface area (TPSA) is 92.6 Å². The van der Waals surface area contributed by atoms with Gasteiger partial charge < -0.3 is 5.32 Å². The zero-order valence-corrected chi connectivity index (χ0v) is 16.0. The maximum atomic E-state index is 12.7. The molecule has 1 N–H and O–H groups in total. The van der Waals surface area contributed by atoms with E-state index in [4.69, 9.17) is 0 Å². The first-order valence-corrected chi connectivity index (χ1v) is 9.56. The number of aryl methyl sites for hydroxylation is 1. The highest BCUT2D eigenvalue weighted by Gasteiger charge is 2.48. The van der Waals surface area contributed by atoms with Crippen LogP contribution in [0.2, 0.25) is 0 Å². The molecular weight excluding hydrogens is 370 g/mol. The normalized spacial score (nSPS) is 20.7. The number of nitrogens with zero attached hydrogens (tertiary/aromatic N) is 2. The van der Waals surface area contributed by atoms with Gasteiger partial charge in [0.2, 0.25) is 11.8 Å². The molecule has 1 fully saturated rings. The molecule has 7 heteroatoms. The molecular formula is C22H21N3O4. The van der Waals surface area contributed by atoms with Crippen LogP contribution in [0.3, 0.4) is 0 Å². The average Bonchev–Trinajstić information content (AvgIpc) is 2.98. The number of nitro groups is 1. The first-order chi connectivity index (χ1) is 14.0. The number of imide groups is 1. The zero-order valence-electron chi connectivity index (χ0n) is 16.0. The smallest absolute Gasteiger partial charge is 0.294 e. The largest absolute Gasteiger partial charge is 0.375 e. The van der Waals surface area contributed by atoms with Gasteiger partial charge in [-0.3, -0.25) is 19.7 Å². The van der Waals surface area contributed by atoms with Gasteiger partial charge in [-0.05, 0) is 37.5 Å². The Morgan fingerprint density at radius 1 is 1.03 bits per heavy atom. The van der Waals surface area contributed by atoms with Gasteiger partial charge in [0, 0.05) is 12.6 Å². The van der Waals surface area contributed by atoms with E-state index >= 15 is 0 Å². The zero-order chi connectivity index (χ0) is 20.5. The average molecular weight is 391 g/mol. The van der Waals surface area contributed by atoms with Crippen molar-refractivity contribution in [3.05, 3.63) is 75.9 Å². The lowest BCUT2D eigenvalue weighted by Gasteiger charge is -2.16. The molecule has 29 heavy (non-hydrogen) atoms. The summed E-state index contributed by atoms with van der Waals surface area (Å²) in [4.78, 5) is 37.7. The number of fused-ring (bicyclic) bond motifs is 1. The van der Waals surface area contributed by atoms with Crippen LogP contribution < -0.4 is 10.2 Å². The molecule has 4 rings (SSSR count). The summed E-state index contributed by atoms with van der Waals surface area (Å²) in [5.74, 6) is -1.30. The van der Waals surface area contributed by atoms with Crippen molar-refractivity contribution in [2.75, 3.05) is 10.2 Å². The molecule has 1 heterocycles. The Labute approximate surface area is 168 Å². The molecule has 2 atom stereocenters. The summed E-state index contributed by atoms with van der Waals surface area (Å²) in [6.45, 7) is 2.42. The molecule has 2 aliphatic rings. The number of anilines is 2. The minimum Gasteiger partial charge on any atom is -0.375 e. The molecule has 0 spiro atoms. The van der Waals surface area contributed by atoms with Crippen LogP contribution in [0.1, 0.15) is 24.0 Å². The number of nitro benzene ring substituents is 1. The van der Waals surface area contributed by atoms with E-state index in [0.717, 1.165) is 16.0 Å². The minimum atomic E-state index is -0.499. The fraction of sp³-hybridized carbons (Fsp3) is 0.273. The quantitative estimate of drug-likeness (QED) is 0.360. The van der Waals surface area contributed by atoms with E-state index in [-0.39, 0.29) is 35.0 Å². The van der Waals surface area contributed by atoms with Gasteiger partial charge in [-0.25, -0.2) is 4.90 Å². The fourth-order valence-corrected chi connectivity index (χ4v) is 3.92. The number of allylic oxidation sites excluding steroid dienone is 2. The third-order valence-electron chi connectivity index (χ3n) is 5.55. The van der Waals surface area contributed by atoms with Crippen molar-refractivity contribution in [3.63, 3.8) is 0 Å². The second kappa shape index (κ2) is 7.50. The van der Waals surface area contributed by atoms with Gasteiger partial charge in [0.1, 0.15) is 5.69 Å². The Balaban J connectivity index is 1.59. The van der Waals surface area contributed by atoms with Crippen LogP contribution in [0.25, 0.3) is 0 Å². The lowest BCUT2D eigenvalue weighted by atomic mass is 9.85. The molecule has 1 aliphatic heterocycles. The molecule has 2 amide bonds. The Bertz CT molecular complexity index is 987. The SMILES string of the molecule is Cc1ccc(CNc2ccc(N3C(=O)[C@H]4CC=CC[C@H]4C3=O)cc2[N+](=O)[O-])cc1. The molecule has 148 valence electrons. The van der Waals surface area contributed by atoms with Crippen LogP contribution in [0.4, 0.5) is 17.1 Å². The number of amides is 2. The number of carbonyl (C=O) groups excluding carboxylic acids is 2. The Morgan fingerprint density at radius 3 is 2.24 bits per heavy atom.